The molecule has 1 aliphatic heterocycles. The molecule has 2 aromatic heterocycles. The first-order valence-electron chi connectivity index (χ1n) is 7.18. The standard InChI is InChI=1S/C15H22N4/c1-11(2)19-9-6-12(7-10-19)14-13-5-4-8-16-15(13)18(3)17-14/h4-5,8,11-12H,6-7,9-10H2,1-3H3. The Morgan fingerprint density at radius 1 is 1.26 bits per heavy atom. The maximum Gasteiger partial charge on any atom is 0.157 e. The van der Waals surface area contributed by atoms with E-state index in [2.05, 4.69) is 29.8 Å². The molecule has 0 spiro atoms. The number of hydrogen-bond acceptors (Lipinski definition) is 3. The van der Waals surface area contributed by atoms with Gasteiger partial charge in [-0.15, -0.1) is 0 Å². The predicted octanol–water partition coefficient (Wildman–Crippen LogP) is 2.56. The van der Waals surface area contributed by atoms with Crippen molar-refractivity contribution in [3.63, 3.8) is 0 Å². The highest BCUT2D eigenvalue weighted by atomic mass is 15.3. The fourth-order valence-electron chi connectivity index (χ4n) is 3.11. The lowest BCUT2D eigenvalue weighted by molar-refractivity contribution is 0.171. The topological polar surface area (TPSA) is 34.0 Å². The maximum absolute atomic E-state index is 4.72. The first kappa shape index (κ1) is 12.6. The summed E-state index contributed by atoms with van der Waals surface area (Å²) in [5.41, 5.74) is 2.25. The van der Waals surface area contributed by atoms with Gasteiger partial charge in [0.25, 0.3) is 0 Å². The van der Waals surface area contributed by atoms with Crippen molar-refractivity contribution in [2.45, 2.75) is 38.6 Å². The normalized spacial score (nSPS) is 18.5. The first-order chi connectivity index (χ1) is 9.16. The Kier molecular flexibility index (Phi) is 3.27. The summed E-state index contributed by atoms with van der Waals surface area (Å²) in [5.74, 6) is 0.586. The predicted molar refractivity (Wildman–Crippen MR) is 77.2 cm³/mol. The molecule has 1 fully saturated rings. The van der Waals surface area contributed by atoms with E-state index in [0.29, 0.717) is 12.0 Å². The Morgan fingerprint density at radius 3 is 2.68 bits per heavy atom. The Balaban J connectivity index is 1.86. The molecule has 1 aliphatic rings. The average Bonchev–Trinajstić information content (AvgIpc) is 2.77. The number of pyridine rings is 1. The minimum atomic E-state index is 0.586. The van der Waals surface area contributed by atoms with Gasteiger partial charge in [-0.1, -0.05) is 0 Å². The smallest absolute Gasteiger partial charge is 0.157 e. The Hall–Kier alpha value is -1.42. The molecule has 0 atom stereocenters. The first-order valence-corrected chi connectivity index (χ1v) is 7.18. The van der Waals surface area contributed by atoms with Crippen LogP contribution in [0.1, 0.15) is 38.3 Å². The lowest BCUT2D eigenvalue weighted by atomic mass is 9.91. The number of fused-ring (bicyclic) bond motifs is 1. The van der Waals surface area contributed by atoms with Crippen molar-refractivity contribution < 1.29 is 0 Å². The van der Waals surface area contributed by atoms with E-state index >= 15 is 0 Å². The van der Waals surface area contributed by atoms with E-state index in [0.717, 1.165) is 5.65 Å². The van der Waals surface area contributed by atoms with Crippen LogP contribution in [0.15, 0.2) is 18.3 Å². The van der Waals surface area contributed by atoms with Crippen LogP contribution in [0.2, 0.25) is 0 Å². The SMILES string of the molecule is CC(C)N1CCC(c2nn(C)c3ncccc23)CC1. The molecule has 0 bridgehead atoms. The fourth-order valence-corrected chi connectivity index (χ4v) is 3.11. The minimum absolute atomic E-state index is 0.586. The third-order valence-corrected chi connectivity index (χ3v) is 4.27. The van der Waals surface area contributed by atoms with Gasteiger partial charge >= 0.3 is 0 Å². The quantitative estimate of drug-likeness (QED) is 0.830. The summed E-state index contributed by atoms with van der Waals surface area (Å²) in [6, 6.07) is 4.82. The zero-order valence-corrected chi connectivity index (χ0v) is 12.0. The van der Waals surface area contributed by atoms with Crippen molar-refractivity contribution in [1.29, 1.82) is 0 Å². The summed E-state index contributed by atoms with van der Waals surface area (Å²) < 4.78 is 1.92. The molecule has 0 aromatic carbocycles. The van der Waals surface area contributed by atoms with Gasteiger partial charge in [0.2, 0.25) is 0 Å². The van der Waals surface area contributed by atoms with Crippen LogP contribution >= 0.6 is 0 Å². The highest BCUT2D eigenvalue weighted by molar-refractivity contribution is 5.78. The van der Waals surface area contributed by atoms with E-state index in [1.165, 1.54) is 37.0 Å². The second kappa shape index (κ2) is 4.93. The molecular formula is C15H22N4. The summed E-state index contributed by atoms with van der Waals surface area (Å²) >= 11 is 0. The number of piperidine rings is 1. The molecule has 3 heterocycles. The van der Waals surface area contributed by atoms with Crippen molar-refractivity contribution in [3.05, 3.63) is 24.0 Å². The molecule has 3 rings (SSSR count). The molecule has 4 heteroatoms. The second-order valence-electron chi connectivity index (χ2n) is 5.79. The summed E-state index contributed by atoms with van der Waals surface area (Å²) in [6.07, 6.45) is 4.26. The van der Waals surface area contributed by atoms with E-state index in [-0.39, 0.29) is 0 Å². The van der Waals surface area contributed by atoms with Crippen LogP contribution in [-0.2, 0) is 7.05 Å². The molecule has 102 valence electrons. The molecule has 2 aromatic rings. The molecular weight excluding hydrogens is 236 g/mol. The fraction of sp³-hybridized carbons (Fsp3) is 0.600. The molecule has 0 N–H and O–H groups in total. The largest absolute Gasteiger partial charge is 0.301 e. The van der Waals surface area contributed by atoms with Crippen molar-refractivity contribution >= 4 is 11.0 Å². The van der Waals surface area contributed by atoms with Crippen molar-refractivity contribution in [2.24, 2.45) is 7.05 Å². The van der Waals surface area contributed by atoms with Crippen molar-refractivity contribution in [1.82, 2.24) is 19.7 Å². The number of hydrogen-bond donors (Lipinski definition) is 0. The van der Waals surface area contributed by atoms with E-state index in [1.54, 1.807) is 0 Å². The molecule has 1 saturated heterocycles. The third-order valence-electron chi connectivity index (χ3n) is 4.27. The van der Waals surface area contributed by atoms with E-state index in [9.17, 15) is 0 Å². The number of aromatic nitrogens is 3. The highest BCUT2D eigenvalue weighted by Crippen LogP contribution is 2.31. The van der Waals surface area contributed by atoms with Crippen LogP contribution in [-0.4, -0.2) is 38.8 Å². The molecule has 0 unspecified atom stereocenters. The zero-order chi connectivity index (χ0) is 13.4. The molecule has 19 heavy (non-hydrogen) atoms. The van der Waals surface area contributed by atoms with Gasteiger partial charge in [0.1, 0.15) is 0 Å². The lowest BCUT2D eigenvalue weighted by Gasteiger charge is -2.34. The van der Waals surface area contributed by atoms with Gasteiger partial charge in [-0.25, -0.2) is 4.98 Å². The van der Waals surface area contributed by atoms with Gasteiger partial charge in [0.05, 0.1) is 5.69 Å². The van der Waals surface area contributed by atoms with Gasteiger partial charge in [0.15, 0.2) is 5.65 Å². The highest BCUT2D eigenvalue weighted by Gasteiger charge is 2.25. The molecule has 0 saturated carbocycles. The van der Waals surface area contributed by atoms with Crippen LogP contribution in [0.4, 0.5) is 0 Å². The summed E-state index contributed by atoms with van der Waals surface area (Å²) in [4.78, 5) is 6.98. The third kappa shape index (κ3) is 2.25. The van der Waals surface area contributed by atoms with Crippen molar-refractivity contribution in [2.75, 3.05) is 13.1 Å². The zero-order valence-electron chi connectivity index (χ0n) is 12.0. The summed E-state index contributed by atoms with van der Waals surface area (Å²) in [6.45, 7) is 6.92. The summed E-state index contributed by atoms with van der Waals surface area (Å²) in [7, 11) is 1.99. The van der Waals surface area contributed by atoms with E-state index in [4.69, 9.17) is 5.10 Å². The van der Waals surface area contributed by atoms with Gasteiger partial charge in [-0.3, -0.25) is 4.68 Å². The van der Waals surface area contributed by atoms with E-state index < -0.39 is 0 Å². The second-order valence-corrected chi connectivity index (χ2v) is 5.79. The molecule has 0 radical (unpaired) electrons. The monoisotopic (exact) mass is 258 g/mol. The van der Waals surface area contributed by atoms with Crippen LogP contribution in [0, 0.1) is 0 Å². The minimum Gasteiger partial charge on any atom is -0.301 e. The Labute approximate surface area is 114 Å². The lowest BCUT2D eigenvalue weighted by Crippen LogP contribution is -2.37. The number of likely N-dealkylation sites (tertiary alicyclic amines) is 1. The Bertz CT molecular complexity index is 565. The van der Waals surface area contributed by atoms with Gasteiger partial charge < -0.3 is 4.90 Å². The van der Waals surface area contributed by atoms with Gasteiger partial charge in [0, 0.05) is 30.6 Å². The maximum atomic E-state index is 4.72. The van der Waals surface area contributed by atoms with Gasteiger partial charge in [-0.05, 0) is 51.9 Å². The average molecular weight is 258 g/mol. The van der Waals surface area contributed by atoms with Gasteiger partial charge in [-0.2, -0.15) is 5.10 Å². The number of nitrogens with zero attached hydrogens (tertiary/aromatic N) is 4. The summed E-state index contributed by atoms with van der Waals surface area (Å²) in [5, 5.41) is 5.95. The van der Waals surface area contributed by atoms with Crippen LogP contribution in [0.5, 0.6) is 0 Å². The molecule has 4 nitrogen and oxygen atoms in total. The Morgan fingerprint density at radius 2 is 2.00 bits per heavy atom. The van der Waals surface area contributed by atoms with Crippen molar-refractivity contribution in [3.8, 4) is 0 Å². The van der Waals surface area contributed by atoms with Crippen LogP contribution in [0.3, 0.4) is 0 Å². The molecule has 0 aliphatic carbocycles. The number of aryl methyl sites for hydroxylation is 1. The van der Waals surface area contributed by atoms with E-state index in [1.807, 2.05) is 24.0 Å². The number of rotatable bonds is 2. The van der Waals surface area contributed by atoms with Crippen LogP contribution in [0.25, 0.3) is 11.0 Å². The molecule has 0 amide bonds. The van der Waals surface area contributed by atoms with Crippen LogP contribution < -0.4 is 0 Å².